The number of halogens is 2. The number of rotatable bonds is 4. The van der Waals surface area contributed by atoms with Crippen molar-refractivity contribution >= 4 is 34.2 Å². The van der Waals surface area contributed by atoms with Gasteiger partial charge in [-0.3, -0.25) is 0 Å². The van der Waals surface area contributed by atoms with E-state index in [-0.39, 0.29) is 0 Å². The number of aromatic nitrogens is 2. The van der Waals surface area contributed by atoms with Crippen molar-refractivity contribution in [1.29, 1.82) is 0 Å². The van der Waals surface area contributed by atoms with Gasteiger partial charge in [0.05, 0.1) is 15.5 Å². The summed E-state index contributed by atoms with van der Waals surface area (Å²) in [7, 11) is 0. The van der Waals surface area contributed by atoms with Crippen LogP contribution in [0.3, 0.4) is 0 Å². The third kappa shape index (κ3) is 3.24. The zero-order valence-corrected chi connectivity index (χ0v) is 13.2. The first-order valence-corrected chi connectivity index (χ1v) is 7.25. The summed E-state index contributed by atoms with van der Waals surface area (Å²) in [5.41, 5.74) is 2.10. The highest BCUT2D eigenvalue weighted by molar-refractivity contribution is 14.1. The molecule has 0 amide bonds. The molecule has 0 fully saturated rings. The van der Waals surface area contributed by atoms with Crippen LogP contribution in [0, 0.1) is 3.57 Å². The third-order valence-corrected chi connectivity index (χ3v) is 3.49. The first-order chi connectivity index (χ1) is 8.58. The van der Waals surface area contributed by atoms with Gasteiger partial charge >= 0.3 is 0 Å². The summed E-state index contributed by atoms with van der Waals surface area (Å²) < 4.78 is 2.97. The maximum Gasteiger partial charge on any atom is 0.0705 e. The molecule has 0 saturated heterocycles. The lowest BCUT2D eigenvalue weighted by atomic mass is 10.1. The monoisotopic (exact) mass is 375 g/mol. The van der Waals surface area contributed by atoms with E-state index in [2.05, 4.69) is 46.9 Å². The van der Waals surface area contributed by atoms with E-state index in [4.69, 9.17) is 11.6 Å². The molecule has 0 unspecified atom stereocenters. The Labute approximate surface area is 126 Å². The maximum absolute atomic E-state index is 6.29. The predicted molar refractivity (Wildman–Crippen MR) is 83.3 cm³/mol. The Morgan fingerprint density at radius 1 is 1.44 bits per heavy atom. The molecule has 0 radical (unpaired) electrons. The summed E-state index contributed by atoms with van der Waals surface area (Å²) in [5, 5.41) is 8.50. The summed E-state index contributed by atoms with van der Waals surface area (Å²) in [4.78, 5) is 0. The average molecular weight is 376 g/mol. The molecule has 1 aromatic carbocycles. The van der Waals surface area contributed by atoms with Gasteiger partial charge in [-0.2, -0.15) is 5.10 Å². The number of nitrogens with zero attached hydrogens (tertiary/aromatic N) is 2. The lowest BCUT2D eigenvalue weighted by Gasteiger charge is -2.14. The minimum absolute atomic E-state index is 0.423. The highest BCUT2D eigenvalue weighted by Crippen LogP contribution is 2.23. The molecule has 1 N–H and O–H groups in total. The number of hydrogen-bond donors (Lipinski definition) is 1. The van der Waals surface area contributed by atoms with Crippen LogP contribution in [0.2, 0.25) is 5.02 Å². The van der Waals surface area contributed by atoms with Crippen molar-refractivity contribution < 1.29 is 0 Å². The minimum atomic E-state index is 0.423. The quantitative estimate of drug-likeness (QED) is 0.827. The largest absolute Gasteiger partial charge is 0.310 e. The zero-order chi connectivity index (χ0) is 13.1. The molecular weight excluding hydrogens is 361 g/mol. The van der Waals surface area contributed by atoms with Gasteiger partial charge in [0, 0.05) is 29.4 Å². The van der Waals surface area contributed by atoms with Crippen LogP contribution in [0.15, 0.2) is 30.6 Å². The lowest BCUT2D eigenvalue weighted by Crippen LogP contribution is -2.23. The van der Waals surface area contributed by atoms with Crippen LogP contribution >= 0.6 is 34.2 Å². The van der Waals surface area contributed by atoms with Crippen molar-refractivity contribution in [1.82, 2.24) is 15.1 Å². The van der Waals surface area contributed by atoms with E-state index >= 15 is 0 Å². The van der Waals surface area contributed by atoms with Crippen molar-refractivity contribution in [3.63, 3.8) is 0 Å². The Bertz CT molecular complexity index is 537. The van der Waals surface area contributed by atoms with Gasteiger partial charge in [0.2, 0.25) is 0 Å². The van der Waals surface area contributed by atoms with Gasteiger partial charge in [0.1, 0.15) is 0 Å². The van der Waals surface area contributed by atoms with Gasteiger partial charge in [-0.05, 0) is 34.7 Å². The smallest absolute Gasteiger partial charge is 0.0705 e. The second kappa shape index (κ2) is 6.04. The molecule has 2 aromatic rings. The Kier molecular flexibility index (Phi) is 4.64. The van der Waals surface area contributed by atoms with Crippen molar-refractivity contribution in [3.05, 3.63) is 44.7 Å². The van der Waals surface area contributed by atoms with Gasteiger partial charge < -0.3 is 5.32 Å². The topological polar surface area (TPSA) is 29.9 Å². The fourth-order valence-corrected chi connectivity index (χ4v) is 2.30. The van der Waals surface area contributed by atoms with Crippen LogP contribution in [0.1, 0.15) is 19.4 Å². The molecule has 0 aliphatic rings. The second-order valence-electron chi connectivity index (χ2n) is 4.38. The molecule has 18 heavy (non-hydrogen) atoms. The van der Waals surface area contributed by atoms with Crippen LogP contribution in [0.25, 0.3) is 5.69 Å². The Balaban J connectivity index is 2.37. The summed E-state index contributed by atoms with van der Waals surface area (Å²) in [5.74, 6) is 0. The van der Waals surface area contributed by atoms with Crippen LogP contribution in [-0.4, -0.2) is 15.8 Å². The maximum atomic E-state index is 6.29. The van der Waals surface area contributed by atoms with E-state index in [1.807, 2.05) is 35.3 Å². The van der Waals surface area contributed by atoms with Gasteiger partial charge in [0.15, 0.2) is 0 Å². The molecule has 96 valence electrons. The summed E-state index contributed by atoms with van der Waals surface area (Å²) >= 11 is 8.53. The first kappa shape index (κ1) is 13.8. The molecule has 0 bridgehead atoms. The Hall–Kier alpha value is -0.590. The third-order valence-electron chi connectivity index (χ3n) is 2.58. The molecule has 3 nitrogen and oxygen atoms in total. The number of hydrogen-bond acceptors (Lipinski definition) is 2. The normalized spacial score (nSPS) is 11.2. The first-order valence-electron chi connectivity index (χ1n) is 5.79. The molecule has 5 heteroatoms. The van der Waals surface area contributed by atoms with Crippen molar-refractivity contribution in [3.8, 4) is 5.69 Å². The SMILES string of the molecule is CC(C)NCc1c(Cl)cccc1-n1cc(I)cn1. The molecular formula is C13H15ClIN3. The zero-order valence-electron chi connectivity index (χ0n) is 10.3. The molecule has 0 aliphatic carbocycles. The van der Waals surface area contributed by atoms with Gasteiger partial charge in [-0.15, -0.1) is 0 Å². The predicted octanol–water partition coefficient (Wildman–Crippen LogP) is 3.63. The van der Waals surface area contributed by atoms with Crippen LogP contribution in [0.5, 0.6) is 0 Å². The van der Waals surface area contributed by atoms with Gasteiger partial charge in [-0.1, -0.05) is 31.5 Å². The summed E-state index contributed by atoms with van der Waals surface area (Å²) in [6, 6.07) is 6.32. The molecule has 0 saturated carbocycles. The van der Waals surface area contributed by atoms with Crippen LogP contribution in [0.4, 0.5) is 0 Å². The fraction of sp³-hybridized carbons (Fsp3) is 0.308. The van der Waals surface area contributed by atoms with Crippen LogP contribution in [-0.2, 0) is 6.54 Å². The van der Waals surface area contributed by atoms with E-state index in [0.29, 0.717) is 6.04 Å². The molecule has 2 rings (SSSR count). The van der Waals surface area contributed by atoms with Gasteiger partial charge in [0.25, 0.3) is 0 Å². The lowest BCUT2D eigenvalue weighted by molar-refractivity contribution is 0.586. The minimum Gasteiger partial charge on any atom is -0.310 e. The molecule has 0 atom stereocenters. The van der Waals surface area contributed by atoms with E-state index in [0.717, 1.165) is 26.4 Å². The van der Waals surface area contributed by atoms with Crippen molar-refractivity contribution in [2.75, 3.05) is 0 Å². The van der Waals surface area contributed by atoms with Crippen molar-refractivity contribution in [2.24, 2.45) is 0 Å². The van der Waals surface area contributed by atoms with E-state index in [1.54, 1.807) is 0 Å². The molecule has 0 spiro atoms. The van der Waals surface area contributed by atoms with Crippen molar-refractivity contribution in [2.45, 2.75) is 26.4 Å². The van der Waals surface area contributed by atoms with Gasteiger partial charge in [-0.25, -0.2) is 4.68 Å². The Morgan fingerprint density at radius 2 is 2.22 bits per heavy atom. The highest BCUT2D eigenvalue weighted by atomic mass is 127. The number of nitrogens with one attached hydrogen (secondary N) is 1. The molecule has 1 heterocycles. The summed E-state index contributed by atoms with van der Waals surface area (Å²) in [6.45, 7) is 4.98. The highest BCUT2D eigenvalue weighted by Gasteiger charge is 2.10. The standard InChI is InChI=1S/C13H15ClIN3/c1-9(2)16-7-11-12(14)4-3-5-13(11)18-8-10(15)6-17-18/h3-6,8-9,16H,7H2,1-2H3. The van der Waals surface area contributed by atoms with E-state index in [1.165, 1.54) is 0 Å². The Morgan fingerprint density at radius 3 is 2.83 bits per heavy atom. The second-order valence-corrected chi connectivity index (χ2v) is 6.03. The molecule has 0 aliphatic heterocycles. The average Bonchev–Trinajstić information content (AvgIpc) is 2.73. The molecule has 1 aromatic heterocycles. The number of benzene rings is 1. The van der Waals surface area contributed by atoms with Crippen LogP contribution < -0.4 is 5.32 Å². The summed E-state index contributed by atoms with van der Waals surface area (Å²) in [6.07, 6.45) is 3.83. The fourth-order valence-electron chi connectivity index (χ4n) is 1.68. The van der Waals surface area contributed by atoms with E-state index in [9.17, 15) is 0 Å². The van der Waals surface area contributed by atoms with E-state index < -0.39 is 0 Å².